The average Bonchev–Trinajstić information content (AvgIpc) is 2.03. The molecular weight excluding hydrogens is 140 g/mol. The van der Waals surface area contributed by atoms with Crippen LogP contribution in [0.15, 0.2) is 30.3 Å². The van der Waals surface area contributed by atoms with E-state index in [2.05, 4.69) is 6.07 Å². The first-order valence-electron chi connectivity index (χ1n) is 3.16. The molecule has 0 aliphatic carbocycles. The van der Waals surface area contributed by atoms with Crippen molar-refractivity contribution in [1.29, 1.82) is 0 Å². The number of carboxylic acid groups (broad SMARTS) is 1. The summed E-state index contributed by atoms with van der Waals surface area (Å²) in [5.41, 5.74) is 0.843. The third-order valence-electron chi connectivity index (χ3n) is 1.15. The molecule has 0 saturated heterocycles. The Balaban J connectivity index is 2.72. The van der Waals surface area contributed by atoms with Gasteiger partial charge in [-0.25, -0.2) is 4.79 Å². The molecular formula is C9H7O2. The molecule has 55 valence electrons. The Hall–Kier alpha value is -1.57. The predicted octanol–water partition coefficient (Wildman–Crippen LogP) is 1.58. The van der Waals surface area contributed by atoms with Crippen LogP contribution in [-0.2, 0) is 4.79 Å². The van der Waals surface area contributed by atoms with Crippen LogP contribution in [0.2, 0.25) is 0 Å². The van der Waals surface area contributed by atoms with Crippen LogP contribution < -0.4 is 0 Å². The van der Waals surface area contributed by atoms with Crippen LogP contribution in [0.5, 0.6) is 0 Å². The maximum atomic E-state index is 10.1. The van der Waals surface area contributed by atoms with Crippen molar-refractivity contribution in [1.82, 2.24) is 0 Å². The highest BCUT2D eigenvalue weighted by Gasteiger charge is 1.86. The number of hydrogen-bond donors (Lipinski definition) is 1. The van der Waals surface area contributed by atoms with Gasteiger partial charge >= 0.3 is 5.97 Å². The quantitative estimate of drug-likeness (QED) is 0.645. The van der Waals surface area contributed by atoms with Gasteiger partial charge in [0, 0.05) is 6.08 Å². The van der Waals surface area contributed by atoms with Gasteiger partial charge in [-0.3, -0.25) is 0 Å². The number of aliphatic carboxylic acids is 1. The lowest BCUT2D eigenvalue weighted by molar-refractivity contribution is -0.131. The first-order chi connectivity index (χ1) is 5.29. The number of carbonyl (C=O) groups is 1. The average molecular weight is 147 g/mol. The second-order valence-corrected chi connectivity index (χ2v) is 2.01. The molecule has 1 N–H and O–H groups in total. The summed E-state index contributed by atoms with van der Waals surface area (Å²) >= 11 is 0. The Kier molecular flexibility index (Phi) is 2.44. The topological polar surface area (TPSA) is 37.3 Å². The normalized spacial score (nSPS) is 10.2. The molecule has 0 aliphatic rings. The van der Waals surface area contributed by atoms with Gasteiger partial charge in [-0.1, -0.05) is 18.2 Å². The maximum absolute atomic E-state index is 10.1. The minimum atomic E-state index is -0.936. The molecule has 0 amide bonds. The monoisotopic (exact) mass is 147 g/mol. The van der Waals surface area contributed by atoms with Crippen molar-refractivity contribution in [2.24, 2.45) is 0 Å². The van der Waals surface area contributed by atoms with Crippen LogP contribution in [0.4, 0.5) is 0 Å². The van der Waals surface area contributed by atoms with E-state index in [0.29, 0.717) is 0 Å². The van der Waals surface area contributed by atoms with E-state index >= 15 is 0 Å². The molecule has 0 saturated carbocycles. The van der Waals surface area contributed by atoms with Crippen LogP contribution in [0.25, 0.3) is 6.08 Å². The van der Waals surface area contributed by atoms with Gasteiger partial charge in [-0.2, -0.15) is 0 Å². The zero-order valence-electron chi connectivity index (χ0n) is 5.82. The van der Waals surface area contributed by atoms with E-state index in [1.54, 1.807) is 12.1 Å². The zero-order chi connectivity index (χ0) is 8.10. The minimum Gasteiger partial charge on any atom is -0.478 e. The van der Waals surface area contributed by atoms with Crippen LogP contribution in [0.3, 0.4) is 0 Å². The lowest BCUT2D eigenvalue weighted by atomic mass is 10.2. The summed E-state index contributed by atoms with van der Waals surface area (Å²) in [5, 5.41) is 8.28. The zero-order valence-corrected chi connectivity index (χ0v) is 5.82. The van der Waals surface area contributed by atoms with E-state index in [0.717, 1.165) is 11.6 Å². The smallest absolute Gasteiger partial charge is 0.328 e. The van der Waals surface area contributed by atoms with E-state index in [4.69, 9.17) is 5.11 Å². The van der Waals surface area contributed by atoms with Crippen LogP contribution in [0.1, 0.15) is 5.56 Å². The van der Waals surface area contributed by atoms with Gasteiger partial charge in [0.15, 0.2) is 0 Å². The fraction of sp³-hybridized carbons (Fsp3) is 0. The Bertz CT molecular complexity index is 262. The van der Waals surface area contributed by atoms with E-state index in [1.165, 1.54) is 6.08 Å². The maximum Gasteiger partial charge on any atom is 0.328 e. The lowest BCUT2D eigenvalue weighted by Gasteiger charge is -1.87. The summed E-state index contributed by atoms with van der Waals surface area (Å²) in [6.07, 6.45) is 2.63. The van der Waals surface area contributed by atoms with Crippen molar-refractivity contribution >= 4 is 12.0 Å². The number of benzene rings is 1. The third kappa shape index (κ3) is 2.67. The SMILES string of the molecule is O=C(O)C=Cc1c[c]ccc1. The van der Waals surface area contributed by atoms with E-state index < -0.39 is 5.97 Å². The first kappa shape index (κ1) is 7.54. The van der Waals surface area contributed by atoms with E-state index in [9.17, 15) is 4.79 Å². The highest BCUT2D eigenvalue weighted by Crippen LogP contribution is 1.99. The fourth-order valence-corrected chi connectivity index (χ4v) is 0.678. The standard InChI is InChI=1S/C9H7O2/c10-9(11)7-6-8-4-2-1-3-5-8/h1-2,4-7H,(H,10,11). The fourth-order valence-electron chi connectivity index (χ4n) is 0.678. The molecule has 0 fully saturated rings. The largest absolute Gasteiger partial charge is 0.478 e. The first-order valence-corrected chi connectivity index (χ1v) is 3.16. The summed E-state index contributed by atoms with van der Waals surface area (Å²) in [4.78, 5) is 10.1. The van der Waals surface area contributed by atoms with Gasteiger partial charge in [0.1, 0.15) is 0 Å². The second kappa shape index (κ2) is 3.56. The molecule has 0 spiro atoms. The highest BCUT2D eigenvalue weighted by atomic mass is 16.4. The van der Waals surface area contributed by atoms with Gasteiger partial charge in [0.05, 0.1) is 0 Å². The second-order valence-electron chi connectivity index (χ2n) is 2.01. The molecule has 0 unspecified atom stereocenters. The molecule has 1 aromatic carbocycles. The highest BCUT2D eigenvalue weighted by molar-refractivity contribution is 5.85. The molecule has 2 heteroatoms. The van der Waals surface area contributed by atoms with Crippen molar-refractivity contribution in [3.63, 3.8) is 0 Å². The third-order valence-corrected chi connectivity index (χ3v) is 1.15. The molecule has 0 bridgehead atoms. The molecule has 1 radical (unpaired) electrons. The van der Waals surface area contributed by atoms with Crippen LogP contribution >= 0.6 is 0 Å². The van der Waals surface area contributed by atoms with Crippen molar-refractivity contribution in [3.05, 3.63) is 42.0 Å². The summed E-state index contributed by atoms with van der Waals surface area (Å²) in [6, 6.07) is 9.95. The number of carboxylic acids is 1. The number of rotatable bonds is 2. The van der Waals surface area contributed by atoms with Gasteiger partial charge in [0.25, 0.3) is 0 Å². The Morgan fingerprint density at radius 2 is 2.45 bits per heavy atom. The molecule has 0 atom stereocenters. The van der Waals surface area contributed by atoms with Crippen molar-refractivity contribution in [3.8, 4) is 0 Å². The lowest BCUT2D eigenvalue weighted by Crippen LogP contribution is -1.85. The molecule has 0 aromatic heterocycles. The van der Waals surface area contributed by atoms with Gasteiger partial charge in [0.2, 0.25) is 0 Å². The molecule has 2 nitrogen and oxygen atoms in total. The minimum absolute atomic E-state index is 0.843. The van der Waals surface area contributed by atoms with Crippen LogP contribution in [0, 0.1) is 6.07 Å². The predicted molar refractivity (Wildman–Crippen MR) is 41.9 cm³/mol. The van der Waals surface area contributed by atoms with Crippen LogP contribution in [-0.4, -0.2) is 11.1 Å². The van der Waals surface area contributed by atoms with E-state index in [-0.39, 0.29) is 0 Å². The Morgan fingerprint density at radius 1 is 1.64 bits per heavy atom. The summed E-state index contributed by atoms with van der Waals surface area (Å²) in [6.45, 7) is 0. The van der Waals surface area contributed by atoms with E-state index in [1.807, 2.05) is 12.1 Å². The van der Waals surface area contributed by atoms with Crippen molar-refractivity contribution < 1.29 is 9.90 Å². The van der Waals surface area contributed by atoms with Gasteiger partial charge < -0.3 is 5.11 Å². The number of hydrogen-bond acceptors (Lipinski definition) is 1. The Labute approximate surface area is 64.8 Å². The summed E-state index contributed by atoms with van der Waals surface area (Å²) in [7, 11) is 0. The molecule has 1 aromatic rings. The molecule has 0 heterocycles. The molecule has 1 rings (SSSR count). The summed E-state index contributed by atoms with van der Waals surface area (Å²) < 4.78 is 0. The molecule has 11 heavy (non-hydrogen) atoms. The van der Waals surface area contributed by atoms with Crippen molar-refractivity contribution in [2.75, 3.05) is 0 Å². The summed E-state index contributed by atoms with van der Waals surface area (Å²) in [5.74, 6) is -0.936. The van der Waals surface area contributed by atoms with Gasteiger partial charge in [-0.15, -0.1) is 0 Å². The Morgan fingerprint density at radius 3 is 3.00 bits per heavy atom. The van der Waals surface area contributed by atoms with Gasteiger partial charge in [-0.05, 0) is 23.8 Å². The van der Waals surface area contributed by atoms with Crippen molar-refractivity contribution in [2.45, 2.75) is 0 Å². The molecule has 0 aliphatic heterocycles.